The number of ketones is 1. The Morgan fingerprint density at radius 2 is 1.68 bits per heavy atom. The van der Waals surface area contributed by atoms with Gasteiger partial charge >= 0.3 is 0 Å². The number of rotatable bonds is 1. The standard InChI is InChI=1S/C26H25NO/c1-16-8-10-18(11-9-16)23-20-13-12-17-6-4-5-7-19(17)25(20)27-21-14-26(2,3)15-22(28)24(21)23/h4-13,23,27H,14-15H2,1-3H3. The highest BCUT2D eigenvalue weighted by molar-refractivity contribution is 6.05. The average molecular weight is 367 g/mol. The Morgan fingerprint density at radius 1 is 0.929 bits per heavy atom. The van der Waals surface area contributed by atoms with Crippen molar-refractivity contribution in [1.82, 2.24) is 0 Å². The molecule has 0 amide bonds. The van der Waals surface area contributed by atoms with Crippen LogP contribution in [0.25, 0.3) is 10.8 Å². The molecule has 1 atom stereocenters. The Labute approximate surface area is 166 Å². The molecule has 1 aliphatic heterocycles. The fourth-order valence-corrected chi connectivity index (χ4v) is 4.86. The van der Waals surface area contributed by atoms with E-state index in [0.29, 0.717) is 6.42 Å². The third-order valence-corrected chi connectivity index (χ3v) is 6.17. The number of benzene rings is 3. The maximum atomic E-state index is 13.3. The Hall–Kier alpha value is -2.87. The van der Waals surface area contributed by atoms with Crippen molar-refractivity contribution in [3.8, 4) is 0 Å². The van der Waals surface area contributed by atoms with Gasteiger partial charge in [-0.25, -0.2) is 0 Å². The van der Waals surface area contributed by atoms with Crippen molar-refractivity contribution < 1.29 is 4.79 Å². The molecule has 0 saturated carbocycles. The van der Waals surface area contributed by atoms with Crippen molar-refractivity contribution in [1.29, 1.82) is 0 Å². The first-order valence-electron chi connectivity index (χ1n) is 10.0. The summed E-state index contributed by atoms with van der Waals surface area (Å²) in [6.07, 6.45) is 1.51. The summed E-state index contributed by atoms with van der Waals surface area (Å²) in [5.74, 6) is 0.281. The van der Waals surface area contributed by atoms with Crippen LogP contribution in [0.5, 0.6) is 0 Å². The zero-order chi connectivity index (χ0) is 19.5. The Bertz CT molecular complexity index is 1130. The molecule has 2 aliphatic rings. The molecule has 1 N–H and O–H groups in total. The van der Waals surface area contributed by atoms with Crippen LogP contribution in [0.4, 0.5) is 5.69 Å². The zero-order valence-corrected chi connectivity index (χ0v) is 16.7. The fraction of sp³-hybridized carbons (Fsp3) is 0.269. The van der Waals surface area contributed by atoms with Gasteiger partial charge in [-0.05, 0) is 35.3 Å². The lowest BCUT2D eigenvalue weighted by molar-refractivity contribution is -0.118. The molecule has 28 heavy (non-hydrogen) atoms. The lowest BCUT2D eigenvalue weighted by Gasteiger charge is -2.40. The molecule has 0 bridgehead atoms. The van der Waals surface area contributed by atoms with Gasteiger partial charge in [0.25, 0.3) is 0 Å². The molecule has 1 aliphatic carbocycles. The minimum Gasteiger partial charge on any atom is -0.358 e. The van der Waals surface area contributed by atoms with Gasteiger partial charge in [0.05, 0.1) is 5.69 Å². The Kier molecular flexibility index (Phi) is 3.74. The van der Waals surface area contributed by atoms with Gasteiger partial charge in [0, 0.05) is 29.0 Å². The molecule has 1 heterocycles. The fourth-order valence-electron chi connectivity index (χ4n) is 4.86. The third kappa shape index (κ3) is 2.67. The second kappa shape index (κ2) is 6.07. The quantitative estimate of drug-likeness (QED) is 0.543. The summed E-state index contributed by atoms with van der Waals surface area (Å²) in [5.41, 5.74) is 6.86. The van der Waals surface area contributed by atoms with Crippen LogP contribution in [0.15, 0.2) is 71.9 Å². The molecule has 0 saturated heterocycles. The highest BCUT2D eigenvalue weighted by atomic mass is 16.1. The highest BCUT2D eigenvalue weighted by Gasteiger charge is 2.40. The molecule has 0 aromatic heterocycles. The summed E-state index contributed by atoms with van der Waals surface area (Å²) < 4.78 is 0. The van der Waals surface area contributed by atoms with Gasteiger partial charge in [0.15, 0.2) is 5.78 Å². The summed E-state index contributed by atoms with van der Waals surface area (Å²) in [7, 11) is 0. The zero-order valence-electron chi connectivity index (χ0n) is 16.7. The van der Waals surface area contributed by atoms with E-state index < -0.39 is 0 Å². The number of anilines is 1. The van der Waals surface area contributed by atoms with E-state index in [0.717, 1.165) is 23.4 Å². The lowest BCUT2D eigenvalue weighted by atomic mass is 9.68. The molecule has 2 heteroatoms. The summed E-state index contributed by atoms with van der Waals surface area (Å²) in [5, 5.41) is 6.14. The number of aryl methyl sites for hydroxylation is 1. The van der Waals surface area contributed by atoms with Gasteiger partial charge in [-0.3, -0.25) is 4.79 Å². The molecule has 0 spiro atoms. The van der Waals surface area contributed by atoms with Crippen LogP contribution in [0.3, 0.4) is 0 Å². The van der Waals surface area contributed by atoms with E-state index in [2.05, 4.69) is 86.8 Å². The summed E-state index contributed by atoms with van der Waals surface area (Å²) in [6.45, 7) is 6.48. The summed E-state index contributed by atoms with van der Waals surface area (Å²) in [6, 6.07) is 21.5. The van der Waals surface area contributed by atoms with Crippen molar-refractivity contribution in [2.75, 3.05) is 5.32 Å². The second-order valence-electron chi connectivity index (χ2n) is 9.05. The summed E-state index contributed by atoms with van der Waals surface area (Å²) >= 11 is 0. The van der Waals surface area contributed by atoms with Crippen molar-refractivity contribution in [2.24, 2.45) is 5.41 Å². The number of hydrogen-bond donors (Lipinski definition) is 1. The van der Waals surface area contributed by atoms with Crippen LogP contribution < -0.4 is 5.32 Å². The predicted molar refractivity (Wildman–Crippen MR) is 116 cm³/mol. The van der Waals surface area contributed by atoms with Gasteiger partial charge in [-0.15, -0.1) is 0 Å². The molecule has 140 valence electrons. The molecule has 5 rings (SSSR count). The SMILES string of the molecule is Cc1ccc(C2C3=C(CC(C)(C)CC3=O)Nc3c2ccc2ccccc32)cc1. The van der Waals surface area contributed by atoms with Crippen molar-refractivity contribution in [3.63, 3.8) is 0 Å². The average Bonchev–Trinajstić information content (AvgIpc) is 2.66. The van der Waals surface area contributed by atoms with E-state index in [4.69, 9.17) is 0 Å². The van der Waals surface area contributed by atoms with E-state index in [1.54, 1.807) is 0 Å². The summed E-state index contributed by atoms with van der Waals surface area (Å²) in [4.78, 5) is 13.3. The number of fused-ring (bicyclic) bond motifs is 3. The molecule has 1 unspecified atom stereocenters. The van der Waals surface area contributed by atoms with Crippen LogP contribution >= 0.6 is 0 Å². The molecular weight excluding hydrogens is 342 g/mol. The number of carbonyl (C=O) groups is 1. The van der Waals surface area contributed by atoms with Crippen LogP contribution in [-0.4, -0.2) is 5.78 Å². The van der Waals surface area contributed by atoms with E-state index in [1.807, 2.05) is 0 Å². The Morgan fingerprint density at radius 3 is 2.46 bits per heavy atom. The maximum Gasteiger partial charge on any atom is 0.162 e. The van der Waals surface area contributed by atoms with E-state index in [1.165, 1.54) is 27.5 Å². The highest BCUT2D eigenvalue weighted by Crippen LogP contribution is 2.50. The van der Waals surface area contributed by atoms with Crippen molar-refractivity contribution >= 4 is 22.2 Å². The van der Waals surface area contributed by atoms with Crippen molar-refractivity contribution in [2.45, 2.75) is 39.5 Å². The molecular formula is C26H25NO. The normalized spacial score (nSPS) is 20.5. The van der Waals surface area contributed by atoms with Crippen LogP contribution in [0.2, 0.25) is 0 Å². The van der Waals surface area contributed by atoms with E-state index in [-0.39, 0.29) is 17.1 Å². The van der Waals surface area contributed by atoms with Gasteiger partial charge in [-0.2, -0.15) is 0 Å². The van der Waals surface area contributed by atoms with Gasteiger partial charge < -0.3 is 5.32 Å². The monoisotopic (exact) mass is 367 g/mol. The maximum absolute atomic E-state index is 13.3. The van der Waals surface area contributed by atoms with Crippen LogP contribution in [-0.2, 0) is 4.79 Å². The van der Waals surface area contributed by atoms with Gasteiger partial charge in [-0.1, -0.05) is 80.1 Å². The molecule has 2 nitrogen and oxygen atoms in total. The third-order valence-electron chi connectivity index (χ3n) is 6.17. The number of carbonyl (C=O) groups excluding carboxylic acids is 1. The number of Topliss-reactive ketones (excluding diaryl/α,β-unsaturated/α-hetero) is 1. The first-order chi connectivity index (χ1) is 13.4. The lowest BCUT2D eigenvalue weighted by Crippen LogP contribution is -2.33. The predicted octanol–water partition coefficient (Wildman–Crippen LogP) is 6.35. The first kappa shape index (κ1) is 17.2. The second-order valence-corrected chi connectivity index (χ2v) is 9.05. The van der Waals surface area contributed by atoms with Gasteiger partial charge in [0.2, 0.25) is 0 Å². The molecule has 0 radical (unpaired) electrons. The minimum atomic E-state index is -0.0111. The van der Waals surface area contributed by atoms with E-state index >= 15 is 0 Å². The molecule has 0 fully saturated rings. The largest absolute Gasteiger partial charge is 0.358 e. The Balaban J connectivity index is 1.79. The number of hydrogen-bond acceptors (Lipinski definition) is 2. The van der Waals surface area contributed by atoms with Crippen LogP contribution in [0.1, 0.15) is 49.3 Å². The van der Waals surface area contributed by atoms with E-state index in [9.17, 15) is 4.79 Å². The molecule has 3 aromatic rings. The number of allylic oxidation sites excluding steroid dienone is 2. The van der Waals surface area contributed by atoms with Gasteiger partial charge in [0.1, 0.15) is 0 Å². The topological polar surface area (TPSA) is 29.1 Å². The van der Waals surface area contributed by atoms with Crippen LogP contribution in [0, 0.1) is 12.3 Å². The number of nitrogens with one attached hydrogen (secondary N) is 1. The molecule has 3 aromatic carbocycles. The van der Waals surface area contributed by atoms with Crippen molar-refractivity contribution in [3.05, 3.63) is 88.6 Å². The smallest absolute Gasteiger partial charge is 0.162 e. The first-order valence-corrected chi connectivity index (χ1v) is 10.0. The minimum absolute atomic E-state index is 0.0000520.